The molecule has 9 nitrogen and oxygen atoms in total. The molecule has 35 heavy (non-hydrogen) atoms. The molecule has 0 fully saturated rings. The number of esters is 1. The van der Waals surface area contributed by atoms with Crippen LogP contribution in [-0.4, -0.2) is 42.3 Å². The number of carboxylic acids is 1. The molecule has 4 rings (SSSR count). The molecule has 3 aromatic carbocycles. The van der Waals surface area contributed by atoms with Gasteiger partial charge in [-0.15, -0.1) is 0 Å². The number of methoxy groups -OCH3 is 1. The van der Waals surface area contributed by atoms with Crippen molar-refractivity contribution in [3.8, 4) is 22.6 Å². The Morgan fingerprint density at radius 3 is 2.20 bits per heavy atom. The molecule has 0 heterocycles. The molecule has 0 unspecified atom stereocenters. The number of ether oxygens (including phenoxy) is 3. The predicted molar refractivity (Wildman–Crippen MR) is 126 cm³/mol. The van der Waals surface area contributed by atoms with Crippen molar-refractivity contribution in [3.05, 3.63) is 87.5 Å². The summed E-state index contributed by atoms with van der Waals surface area (Å²) in [4.78, 5) is 34.7. The number of carboxylic acid groups (broad SMARTS) is 1. The molecule has 3 aromatic rings. The summed E-state index contributed by atoms with van der Waals surface area (Å²) in [5, 5.41) is 20.5. The maximum atomic E-state index is 13.0. The van der Waals surface area contributed by atoms with Crippen molar-refractivity contribution in [2.45, 2.75) is 18.8 Å². The average molecular weight is 477 g/mol. The number of aliphatic carboxylic acids is 1. The number of rotatable bonds is 10. The number of nitrogens with zero attached hydrogens (tertiary/aromatic N) is 1. The number of benzene rings is 3. The zero-order valence-electron chi connectivity index (χ0n) is 18.9. The summed E-state index contributed by atoms with van der Waals surface area (Å²) in [7, 11) is 1.34. The summed E-state index contributed by atoms with van der Waals surface area (Å²) >= 11 is 0. The van der Waals surface area contributed by atoms with Crippen LogP contribution in [-0.2, 0) is 9.53 Å². The van der Waals surface area contributed by atoms with Crippen molar-refractivity contribution in [1.82, 2.24) is 0 Å². The van der Waals surface area contributed by atoms with Crippen LogP contribution in [0, 0.1) is 10.1 Å². The molecule has 0 spiro atoms. The molecule has 1 aliphatic carbocycles. The van der Waals surface area contributed by atoms with E-state index in [2.05, 4.69) is 0 Å². The first-order chi connectivity index (χ1) is 16.9. The van der Waals surface area contributed by atoms with Crippen molar-refractivity contribution in [2.24, 2.45) is 0 Å². The second-order valence-electron chi connectivity index (χ2n) is 7.95. The molecule has 0 atom stereocenters. The van der Waals surface area contributed by atoms with Gasteiger partial charge in [0.1, 0.15) is 12.2 Å². The standard InChI is InChI=1S/C26H23NO8/c1-33-23-13-20(22(27(31)32)14-24(23)34-12-6-11-25(28)29)26(30)35-15-21-18-9-4-2-7-16(18)17-8-3-5-10-19(17)21/h2-5,7-10,13-14,21H,6,11-12,15H2,1H3,(H,28,29). The van der Waals surface area contributed by atoms with Gasteiger partial charge < -0.3 is 19.3 Å². The van der Waals surface area contributed by atoms with E-state index in [9.17, 15) is 19.7 Å². The average Bonchev–Trinajstić information content (AvgIpc) is 3.18. The van der Waals surface area contributed by atoms with E-state index in [-0.39, 0.29) is 49.0 Å². The zero-order valence-corrected chi connectivity index (χ0v) is 18.9. The van der Waals surface area contributed by atoms with Gasteiger partial charge in [-0.2, -0.15) is 0 Å². The fourth-order valence-corrected chi connectivity index (χ4v) is 4.22. The fraction of sp³-hybridized carbons (Fsp3) is 0.231. The topological polar surface area (TPSA) is 125 Å². The maximum absolute atomic E-state index is 13.0. The van der Waals surface area contributed by atoms with E-state index in [1.807, 2.05) is 48.5 Å². The Kier molecular flexibility index (Phi) is 6.96. The third kappa shape index (κ3) is 4.93. The van der Waals surface area contributed by atoms with Crippen LogP contribution in [0.3, 0.4) is 0 Å². The lowest BCUT2D eigenvalue weighted by atomic mass is 9.98. The van der Waals surface area contributed by atoms with Gasteiger partial charge in [0.2, 0.25) is 0 Å². The Hall–Kier alpha value is -4.40. The van der Waals surface area contributed by atoms with Crippen LogP contribution in [0.2, 0.25) is 0 Å². The van der Waals surface area contributed by atoms with E-state index in [1.54, 1.807) is 0 Å². The number of carbonyl (C=O) groups is 2. The molecule has 0 bridgehead atoms. The van der Waals surface area contributed by atoms with E-state index in [0.717, 1.165) is 28.3 Å². The van der Waals surface area contributed by atoms with Crippen LogP contribution in [0.25, 0.3) is 11.1 Å². The van der Waals surface area contributed by atoms with E-state index in [1.165, 1.54) is 13.2 Å². The van der Waals surface area contributed by atoms with Crippen LogP contribution in [0.1, 0.15) is 40.2 Å². The molecule has 0 amide bonds. The SMILES string of the molecule is COc1cc(C(=O)OCC2c3ccccc3-c3ccccc32)c([N+](=O)[O-])cc1OCCCC(=O)O. The first kappa shape index (κ1) is 23.7. The molecule has 0 radical (unpaired) electrons. The van der Waals surface area contributed by atoms with E-state index in [0.29, 0.717) is 0 Å². The first-order valence-electron chi connectivity index (χ1n) is 11.0. The highest BCUT2D eigenvalue weighted by Gasteiger charge is 2.31. The van der Waals surface area contributed by atoms with Gasteiger partial charge in [-0.1, -0.05) is 48.5 Å². The molecule has 0 aromatic heterocycles. The fourth-order valence-electron chi connectivity index (χ4n) is 4.22. The van der Waals surface area contributed by atoms with Crippen LogP contribution in [0.15, 0.2) is 60.7 Å². The Morgan fingerprint density at radius 2 is 1.63 bits per heavy atom. The summed E-state index contributed by atoms with van der Waals surface area (Å²) in [6.07, 6.45) is 0.0999. The molecule has 9 heteroatoms. The number of nitro groups is 1. The van der Waals surface area contributed by atoms with Crippen molar-refractivity contribution >= 4 is 17.6 Å². The molecule has 0 aliphatic heterocycles. The lowest BCUT2D eigenvalue weighted by molar-refractivity contribution is -0.385. The molecule has 0 saturated heterocycles. The predicted octanol–water partition coefficient (Wildman–Crippen LogP) is 4.82. The monoisotopic (exact) mass is 477 g/mol. The van der Waals surface area contributed by atoms with Crippen LogP contribution >= 0.6 is 0 Å². The van der Waals surface area contributed by atoms with E-state index >= 15 is 0 Å². The smallest absolute Gasteiger partial charge is 0.345 e. The Labute approximate surface area is 201 Å². The largest absolute Gasteiger partial charge is 0.493 e. The number of nitro benzene ring substituents is 1. The highest BCUT2D eigenvalue weighted by molar-refractivity contribution is 5.95. The first-order valence-corrected chi connectivity index (χ1v) is 11.0. The number of fused-ring (bicyclic) bond motifs is 3. The lowest BCUT2D eigenvalue weighted by Gasteiger charge is -2.15. The van der Waals surface area contributed by atoms with Crippen LogP contribution < -0.4 is 9.47 Å². The van der Waals surface area contributed by atoms with Gasteiger partial charge in [0.15, 0.2) is 11.5 Å². The minimum absolute atomic E-state index is 0.0137. The quantitative estimate of drug-likeness (QED) is 0.191. The van der Waals surface area contributed by atoms with Crippen LogP contribution in [0.4, 0.5) is 5.69 Å². The second-order valence-corrected chi connectivity index (χ2v) is 7.95. The number of carbonyl (C=O) groups excluding carboxylic acids is 1. The van der Waals surface area contributed by atoms with Crippen molar-refractivity contribution in [3.63, 3.8) is 0 Å². The zero-order chi connectivity index (χ0) is 24.9. The second kappa shape index (κ2) is 10.3. The molecular formula is C26H23NO8. The van der Waals surface area contributed by atoms with Gasteiger partial charge in [-0.25, -0.2) is 4.79 Å². The normalized spacial score (nSPS) is 11.9. The molecular weight excluding hydrogens is 454 g/mol. The highest BCUT2D eigenvalue weighted by atomic mass is 16.6. The third-order valence-corrected chi connectivity index (χ3v) is 5.83. The number of hydrogen-bond donors (Lipinski definition) is 1. The van der Waals surface area contributed by atoms with Gasteiger partial charge in [0, 0.05) is 18.4 Å². The Bertz CT molecular complexity index is 1240. The van der Waals surface area contributed by atoms with Gasteiger partial charge in [0.05, 0.1) is 24.7 Å². The van der Waals surface area contributed by atoms with Crippen molar-refractivity contribution < 1.29 is 33.8 Å². The van der Waals surface area contributed by atoms with Crippen molar-refractivity contribution in [1.29, 1.82) is 0 Å². The Morgan fingerprint density at radius 1 is 1.00 bits per heavy atom. The van der Waals surface area contributed by atoms with E-state index in [4.69, 9.17) is 19.3 Å². The minimum atomic E-state index is -0.975. The summed E-state index contributed by atoms with van der Waals surface area (Å²) in [5.74, 6) is -1.87. The summed E-state index contributed by atoms with van der Waals surface area (Å²) in [6.45, 7) is 0.0316. The molecule has 0 saturated carbocycles. The minimum Gasteiger partial charge on any atom is -0.493 e. The summed E-state index contributed by atoms with van der Waals surface area (Å²) < 4.78 is 16.3. The summed E-state index contributed by atoms with van der Waals surface area (Å²) in [5.41, 5.74) is 3.44. The number of hydrogen-bond acceptors (Lipinski definition) is 7. The van der Waals surface area contributed by atoms with Gasteiger partial charge >= 0.3 is 11.9 Å². The van der Waals surface area contributed by atoms with Crippen LogP contribution in [0.5, 0.6) is 11.5 Å². The maximum Gasteiger partial charge on any atom is 0.345 e. The molecule has 1 N–H and O–H groups in total. The van der Waals surface area contributed by atoms with Gasteiger partial charge in [-0.05, 0) is 28.7 Å². The lowest BCUT2D eigenvalue weighted by Crippen LogP contribution is -2.14. The molecule has 180 valence electrons. The third-order valence-electron chi connectivity index (χ3n) is 5.83. The van der Waals surface area contributed by atoms with E-state index < -0.39 is 22.5 Å². The summed E-state index contributed by atoms with van der Waals surface area (Å²) in [6, 6.07) is 18.0. The highest BCUT2D eigenvalue weighted by Crippen LogP contribution is 2.44. The van der Waals surface area contributed by atoms with Gasteiger partial charge in [0.25, 0.3) is 5.69 Å². The molecule has 1 aliphatic rings. The Balaban J connectivity index is 1.55. The van der Waals surface area contributed by atoms with Crippen molar-refractivity contribution in [2.75, 3.05) is 20.3 Å². The van der Waals surface area contributed by atoms with Gasteiger partial charge in [-0.3, -0.25) is 14.9 Å².